The summed E-state index contributed by atoms with van der Waals surface area (Å²) in [4.78, 5) is 39.3. The number of H-pyrrole nitrogens is 1. The normalized spacial score (nSPS) is 16.9. The van der Waals surface area contributed by atoms with Gasteiger partial charge < -0.3 is 19.7 Å². The molecule has 4 aromatic rings. The minimum absolute atomic E-state index is 0.0108. The minimum Gasteiger partial charge on any atom is -0.494 e. The van der Waals surface area contributed by atoms with Crippen molar-refractivity contribution in [3.05, 3.63) is 117 Å². The molecule has 2 N–H and O–H groups in total. The van der Waals surface area contributed by atoms with Gasteiger partial charge in [-0.15, -0.1) is 0 Å². The highest BCUT2D eigenvalue weighted by atomic mass is 16.5. The fourth-order valence-electron chi connectivity index (χ4n) is 5.66. The average Bonchev–Trinajstić information content (AvgIpc) is 3.03. The third kappa shape index (κ3) is 6.94. The van der Waals surface area contributed by atoms with Crippen LogP contribution < -0.4 is 20.3 Å². The Kier molecular flexibility index (Phi) is 8.49. The molecule has 9 nitrogen and oxygen atoms in total. The third-order valence-electron chi connectivity index (χ3n) is 7.88. The highest BCUT2D eigenvalue weighted by Crippen LogP contribution is 2.39. The summed E-state index contributed by atoms with van der Waals surface area (Å²) in [6, 6.07) is 24.6. The lowest BCUT2D eigenvalue weighted by Crippen LogP contribution is -2.40. The molecule has 2 amide bonds. The summed E-state index contributed by atoms with van der Waals surface area (Å²) in [6.07, 6.45) is 3.15. The third-order valence-corrected chi connectivity index (χ3v) is 7.88. The molecule has 4 aliphatic rings. The van der Waals surface area contributed by atoms with Gasteiger partial charge in [0, 0.05) is 38.4 Å². The van der Waals surface area contributed by atoms with Crippen molar-refractivity contribution >= 4 is 11.8 Å². The van der Waals surface area contributed by atoms with E-state index in [0.717, 1.165) is 33.8 Å². The van der Waals surface area contributed by atoms with E-state index < -0.39 is 0 Å². The molecule has 1 aromatic heterocycles. The number of rotatable bonds is 3. The van der Waals surface area contributed by atoms with Crippen LogP contribution in [0.5, 0.6) is 17.2 Å². The first kappa shape index (κ1) is 28.2. The van der Waals surface area contributed by atoms with Crippen LogP contribution in [0.15, 0.2) is 83.7 Å². The van der Waals surface area contributed by atoms with Crippen molar-refractivity contribution < 1.29 is 19.1 Å². The Hall–Kier alpha value is -4.92. The second-order valence-corrected chi connectivity index (χ2v) is 10.9. The lowest BCUT2D eigenvalue weighted by atomic mass is 9.87. The largest absolute Gasteiger partial charge is 0.494 e. The van der Waals surface area contributed by atoms with Crippen LogP contribution in [0, 0.1) is 0 Å². The summed E-state index contributed by atoms with van der Waals surface area (Å²) in [7, 11) is 0. The van der Waals surface area contributed by atoms with Gasteiger partial charge in [0.1, 0.15) is 17.2 Å². The van der Waals surface area contributed by atoms with Crippen LogP contribution >= 0.6 is 0 Å². The number of amides is 2. The molecular weight excluding hydrogens is 544 g/mol. The minimum atomic E-state index is -0.301. The number of carbonyl (C=O) groups excluding carboxylic acids is 2. The molecule has 4 aliphatic heterocycles. The van der Waals surface area contributed by atoms with E-state index in [0.29, 0.717) is 63.2 Å². The summed E-state index contributed by atoms with van der Waals surface area (Å²) in [5, 5.41) is 9.47. The average molecular weight is 579 g/mol. The van der Waals surface area contributed by atoms with E-state index >= 15 is 0 Å². The number of fused-ring (bicyclic) bond motifs is 1. The smallest absolute Gasteiger partial charge is 0.264 e. The Morgan fingerprint density at radius 1 is 0.907 bits per heavy atom. The van der Waals surface area contributed by atoms with Crippen molar-refractivity contribution in [3.8, 4) is 17.2 Å². The molecule has 8 rings (SSSR count). The van der Waals surface area contributed by atoms with E-state index in [2.05, 4.69) is 27.6 Å². The molecule has 220 valence electrons. The maximum absolute atomic E-state index is 13.7. The van der Waals surface area contributed by atoms with Gasteiger partial charge in [0.2, 0.25) is 11.8 Å². The molecule has 0 spiro atoms. The van der Waals surface area contributed by atoms with E-state index in [1.54, 1.807) is 6.07 Å². The van der Waals surface area contributed by atoms with Gasteiger partial charge in [0.15, 0.2) is 0 Å². The van der Waals surface area contributed by atoms with Gasteiger partial charge in [-0.3, -0.25) is 14.4 Å². The highest BCUT2D eigenvalue weighted by molar-refractivity contribution is 5.78. The molecule has 3 aromatic carbocycles. The molecule has 5 heterocycles. The molecule has 43 heavy (non-hydrogen) atoms. The second-order valence-electron chi connectivity index (χ2n) is 10.9. The predicted molar refractivity (Wildman–Crippen MR) is 161 cm³/mol. The van der Waals surface area contributed by atoms with E-state index in [9.17, 15) is 14.4 Å². The quantitative estimate of drug-likeness (QED) is 0.370. The number of aromatic amines is 1. The van der Waals surface area contributed by atoms with Crippen molar-refractivity contribution in [3.63, 3.8) is 0 Å². The van der Waals surface area contributed by atoms with Crippen LogP contribution in [-0.4, -0.2) is 46.6 Å². The zero-order valence-electron chi connectivity index (χ0n) is 23.9. The number of benzene rings is 3. The second kappa shape index (κ2) is 12.9. The molecule has 0 aliphatic carbocycles. The number of ether oxygens (including phenoxy) is 2. The van der Waals surface area contributed by atoms with Crippen LogP contribution in [0.2, 0.25) is 0 Å². The Balaban J connectivity index is 1.31. The lowest BCUT2D eigenvalue weighted by molar-refractivity contribution is -0.133. The van der Waals surface area contributed by atoms with Gasteiger partial charge in [0.25, 0.3) is 5.56 Å². The molecule has 0 saturated heterocycles. The Bertz CT molecular complexity index is 1650. The summed E-state index contributed by atoms with van der Waals surface area (Å²) in [6.45, 7) is 1.55. The highest BCUT2D eigenvalue weighted by Gasteiger charge is 2.32. The van der Waals surface area contributed by atoms with Crippen LogP contribution in [0.25, 0.3) is 0 Å². The number of carbonyl (C=O) groups is 2. The van der Waals surface area contributed by atoms with Gasteiger partial charge in [-0.1, -0.05) is 30.3 Å². The molecular formula is C34H34N4O5. The first-order valence-electron chi connectivity index (χ1n) is 14.7. The molecule has 0 saturated carbocycles. The zero-order valence-corrected chi connectivity index (χ0v) is 23.9. The summed E-state index contributed by atoms with van der Waals surface area (Å²) in [5.74, 6) is 2.20. The number of nitrogens with zero attached hydrogens (tertiary/aromatic N) is 2. The fourth-order valence-corrected chi connectivity index (χ4v) is 5.66. The van der Waals surface area contributed by atoms with E-state index in [-0.39, 0.29) is 29.8 Å². The SMILES string of the molecule is O=C1CCc2ccc(cc2)Oc2ccc3c(c2)CCN(C(=O)CCc2ccc(=O)[nH]n2)C3c2cccc(c2)OCCCN1. The van der Waals surface area contributed by atoms with E-state index in [1.807, 2.05) is 59.5 Å². The monoisotopic (exact) mass is 578 g/mol. The van der Waals surface area contributed by atoms with Crippen molar-refractivity contribution in [1.29, 1.82) is 0 Å². The first-order valence-corrected chi connectivity index (χ1v) is 14.7. The number of nitrogens with one attached hydrogen (secondary N) is 2. The van der Waals surface area contributed by atoms with E-state index in [4.69, 9.17) is 9.47 Å². The van der Waals surface area contributed by atoms with Gasteiger partial charge in [-0.25, -0.2) is 5.10 Å². The summed E-state index contributed by atoms with van der Waals surface area (Å²) < 4.78 is 12.3. The first-order chi connectivity index (χ1) is 21.0. The molecule has 0 fully saturated rings. The molecule has 1 unspecified atom stereocenters. The Morgan fingerprint density at radius 2 is 1.77 bits per heavy atom. The van der Waals surface area contributed by atoms with Gasteiger partial charge >= 0.3 is 0 Å². The van der Waals surface area contributed by atoms with Crippen LogP contribution in [0.1, 0.15) is 53.3 Å². The molecule has 8 bridgehead atoms. The standard InChI is InChI=1S/C34H34N4O5/c39-31-14-7-23-5-10-27(11-6-23)43-29-12-13-30-24(21-29)17-19-38(33(41)16-9-26-8-15-32(40)37-36-26)34(30)25-3-1-4-28(22-25)42-20-2-18-35-31/h1,3-6,8,10-13,15,21-22,34H,2,7,9,14,16-20H2,(H,35,39)(H,37,40). The Labute approximate surface area is 249 Å². The van der Waals surface area contributed by atoms with Gasteiger partial charge in [-0.05, 0) is 84.0 Å². The lowest BCUT2D eigenvalue weighted by Gasteiger charge is -2.38. The summed E-state index contributed by atoms with van der Waals surface area (Å²) in [5.41, 5.74) is 4.61. The van der Waals surface area contributed by atoms with Crippen molar-refractivity contribution in [2.75, 3.05) is 19.7 Å². The van der Waals surface area contributed by atoms with Crippen LogP contribution in [0.4, 0.5) is 0 Å². The number of hydrogen-bond acceptors (Lipinski definition) is 6. The van der Waals surface area contributed by atoms with Crippen LogP contribution in [0.3, 0.4) is 0 Å². The Morgan fingerprint density at radius 3 is 2.60 bits per heavy atom. The maximum atomic E-state index is 13.7. The van der Waals surface area contributed by atoms with Crippen molar-refractivity contribution in [2.24, 2.45) is 0 Å². The molecule has 9 heteroatoms. The number of hydrogen-bond donors (Lipinski definition) is 2. The van der Waals surface area contributed by atoms with Gasteiger partial charge in [-0.2, -0.15) is 5.10 Å². The predicted octanol–water partition coefficient (Wildman–Crippen LogP) is 4.50. The topological polar surface area (TPSA) is 114 Å². The molecule has 1 atom stereocenters. The van der Waals surface area contributed by atoms with E-state index in [1.165, 1.54) is 6.07 Å². The van der Waals surface area contributed by atoms with Crippen molar-refractivity contribution in [2.45, 2.75) is 44.6 Å². The van der Waals surface area contributed by atoms with Gasteiger partial charge in [0.05, 0.1) is 18.3 Å². The van der Waals surface area contributed by atoms with Crippen molar-refractivity contribution in [1.82, 2.24) is 20.4 Å². The zero-order chi connectivity index (χ0) is 29.6. The number of aryl methyl sites for hydroxylation is 2. The maximum Gasteiger partial charge on any atom is 0.264 e. The fraction of sp³-hybridized carbons (Fsp3) is 0.294. The number of aromatic nitrogens is 2. The van der Waals surface area contributed by atoms with Crippen LogP contribution in [-0.2, 0) is 28.9 Å². The molecule has 0 radical (unpaired) electrons. The summed E-state index contributed by atoms with van der Waals surface area (Å²) >= 11 is 0.